The highest BCUT2D eigenvalue weighted by Crippen LogP contribution is 2.80. The van der Waals surface area contributed by atoms with E-state index in [-0.39, 0.29) is 16.2 Å². The molecule has 2 unspecified atom stereocenters. The SMILES string of the molecule is CCCCCCCC1C(C)(CCCCCCC)C12c1cc(C(C)(C)C)ccc1-c1ccc(C(C)(C)C)cc12. The lowest BCUT2D eigenvalue weighted by Gasteiger charge is -2.26. The van der Waals surface area contributed by atoms with Crippen LogP contribution in [0.3, 0.4) is 0 Å². The van der Waals surface area contributed by atoms with Crippen LogP contribution in [0.4, 0.5) is 0 Å². The maximum atomic E-state index is 2.69. The van der Waals surface area contributed by atoms with Gasteiger partial charge in [-0.15, -0.1) is 0 Å². The summed E-state index contributed by atoms with van der Waals surface area (Å²) in [6, 6.07) is 15.1. The van der Waals surface area contributed by atoms with E-state index in [0.717, 1.165) is 5.92 Å². The molecule has 4 rings (SSSR count). The summed E-state index contributed by atoms with van der Waals surface area (Å²) in [7, 11) is 0. The molecule has 0 nitrogen and oxygen atoms in total. The maximum Gasteiger partial charge on any atom is 0.0305 e. The van der Waals surface area contributed by atoms with Crippen molar-refractivity contribution in [3.8, 4) is 11.1 Å². The van der Waals surface area contributed by atoms with Crippen molar-refractivity contribution in [3.63, 3.8) is 0 Å². The van der Waals surface area contributed by atoms with Crippen molar-refractivity contribution in [1.29, 1.82) is 0 Å². The van der Waals surface area contributed by atoms with E-state index < -0.39 is 0 Å². The Hall–Kier alpha value is -1.56. The lowest BCUT2D eigenvalue weighted by Crippen LogP contribution is -2.19. The zero-order valence-electron chi connectivity index (χ0n) is 26.5. The maximum absolute atomic E-state index is 2.69. The Morgan fingerprint density at radius 1 is 0.605 bits per heavy atom. The van der Waals surface area contributed by atoms with Crippen LogP contribution in [-0.4, -0.2) is 0 Å². The van der Waals surface area contributed by atoms with E-state index in [0.29, 0.717) is 5.41 Å². The van der Waals surface area contributed by atoms with Crippen molar-refractivity contribution in [2.45, 2.75) is 156 Å². The Balaban J connectivity index is 1.81. The van der Waals surface area contributed by atoms with Crippen LogP contribution in [0.1, 0.15) is 162 Å². The molecule has 0 heterocycles. The molecule has 1 saturated carbocycles. The molecular weight excluding hydrogens is 456 g/mol. The zero-order chi connectivity index (χ0) is 27.8. The van der Waals surface area contributed by atoms with Crippen LogP contribution in [-0.2, 0) is 16.2 Å². The van der Waals surface area contributed by atoms with Gasteiger partial charge in [-0.2, -0.15) is 0 Å². The van der Waals surface area contributed by atoms with Crippen molar-refractivity contribution in [2.75, 3.05) is 0 Å². The van der Waals surface area contributed by atoms with E-state index in [9.17, 15) is 0 Å². The number of hydrogen-bond acceptors (Lipinski definition) is 0. The summed E-state index contributed by atoms with van der Waals surface area (Å²) < 4.78 is 0. The summed E-state index contributed by atoms with van der Waals surface area (Å²) in [6.07, 6.45) is 16.6. The predicted octanol–water partition coefficient (Wildman–Crippen LogP) is 11.9. The third-order valence-electron chi connectivity index (χ3n) is 10.4. The summed E-state index contributed by atoms with van der Waals surface area (Å²) in [6.45, 7) is 21.6. The van der Waals surface area contributed by atoms with E-state index >= 15 is 0 Å². The molecule has 0 saturated heterocycles. The van der Waals surface area contributed by atoms with Gasteiger partial charge in [0.15, 0.2) is 0 Å². The third kappa shape index (κ3) is 5.15. The highest BCUT2D eigenvalue weighted by molar-refractivity contribution is 5.85. The van der Waals surface area contributed by atoms with Gasteiger partial charge in [-0.1, -0.05) is 163 Å². The number of unbranched alkanes of at least 4 members (excludes halogenated alkanes) is 8. The average molecular weight is 515 g/mol. The summed E-state index contributed by atoms with van der Waals surface area (Å²) in [5.41, 5.74) is 10.3. The molecular formula is C38H58. The zero-order valence-corrected chi connectivity index (χ0v) is 26.5. The molecule has 0 aliphatic heterocycles. The summed E-state index contributed by atoms with van der Waals surface area (Å²) >= 11 is 0. The van der Waals surface area contributed by atoms with Crippen molar-refractivity contribution in [1.82, 2.24) is 0 Å². The number of hydrogen-bond donors (Lipinski definition) is 0. The minimum Gasteiger partial charge on any atom is -0.0654 e. The smallest absolute Gasteiger partial charge is 0.0305 e. The third-order valence-corrected chi connectivity index (χ3v) is 10.4. The van der Waals surface area contributed by atoms with Crippen LogP contribution >= 0.6 is 0 Å². The van der Waals surface area contributed by atoms with Gasteiger partial charge in [-0.3, -0.25) is 0 Å². The van der Waals surface area contributed by atoms with Crippen molar-refractivity contribution >= 4 is 0 Å². The first-order chi connectivity index (χ1) is 17.9. The molecule has 38 heavy (non-hydrogen) atoms. The highest BCUT2D eigenvalue weighted by Gasteiger charge is 2.75. The Morgan fingerprint density at radius 3 is 1.50 bits per heavy atom. The molecule has 2 aromatic carbocycles. The fraction of sp³-hybridized carbons (Fsp3) is 0.684. The quantitative estimate of drug-likeness (QED) is 0.247. The molecule has 1 spiro atoms. The molecule has 0 radical (unpaired) electrons. The summed E-state index contributed by atoms with van der Waals surface area (Å²) in [5, 5.41) is 0. The van der Waals surface area contributed by atoms with Gasteiger partial charge in [-0.25, -0.2) is 0 Å². The fourth-order valence-corrected chi connectivity index (χ4v) is 8.01. The molecule has 0 N–H and O–H groups in total. The lowest BCUT2D eigenvalue weighted by molar-refractivity contribution is 0.397. The van der Waals surface area contributed by atoms with Crippen LogP contribution < -0.4 is 0 Å². The average Bonchev–Trinajstić information content (AvgIpc) is 3.24. The second-order valence-corrected chi connectivity index (χ2v) is 15.2. The minimum atomic E-state index is 0.169. The Labute approximate surface area is 236 Å². The van der Waals surface area contributed by atoms with E-state index in [4.69, 9.17) is 0 Å². The lowest BCUT2D eigenvalue weighted by atomic mass is 9.78. The number of rotatable bonds is 12. The molecule has 2 aliphatic rings. The van der Waals surface area contributed by atoms with E-state index in [1.807, 2.05) is 0 Å². The molecule has 2 aromatic rings. The largest absolute Gasteiger partial charge is 0.0654 e. The first-order valence-corrected chi connectivity index (χ1v) is 16.2. The summed E-state index contributed by atoms with van der Waals surface area (Å²) in [5.74, 6) is 0.758. The van der Waals surface area contributed by atoms with Gasteiger partial charge < -0.3 is 0 Å². The van der Waals surface area contributed by atoms with Gasteiger partial charge in [0, 0.05) is 5.41 Å². The van der Waals surface area contributed by atoms with Crippen LogP contribution in [0.15, 0.2) is 36.4 Å². The molecule has 2 atom stereocenters. The topological polar surface area (TPSA) is 0 Å². The standard InChI is InChI=1S/C38H58/c1-10-12-14-16-18-20-34-37(9,25-19-17-15-13-11-2)38(34)32-26-28(35(3,4)5)21-23-30(32)31-24-22-29(27-33(31)38)36(6,7)8/h21-24,26-27,34H,10-20,25H2,1-9H3. The second-order valence-electron chi connectivity index (χ2n) is 15.2. The fourth-order valence-electron chi connectivity index (χ4n) is 8.01. The van der Waals surface area contributed by atoms with Gasteiger partial charge in [0.25, 0.3) is 0 Å². The van der Waals surface area contributed by atoms with Crippen molar-refractivity contribution < 1.29 is 0 Å². The first-order valence-electron chi connectivity index (χ1n) is 16.2. The van der Waals surface area contributed by atoms with E-state index in [1.165, 1.54) is 99.3 Å². The number of benzene rings is 2. The van der Waals surface area contributed by atoms with Crippen LogP contribution in [0.2, 0.25) is 0 Å². The van der Waals surface area contributed by atoms with Gasteiger partial charge >= 0.3 is 0 Å². The Bertz CT molecular complexity index is 1020. The molecule has 1 fully saturated rings. The van der Waals surface area contributed by atoms with Gasteiger partial charge in [0.1, 0.15) is 0 Å². The normalized spacial score (nSPS) is 21.6. The van der Waals surface area contributed by atoms with Gasteiger partial charge in [0.05, 0.1) is 0 Å². The van der Waals surface area contributed by atoms with E-state index in [2.05, 4.69) is 98.7 Å². The highest BCUT2D eigenvalue weighted by atomic mass is 14.8. The monoisotopic (exact) mass is 514 g/mol. The molecule has 0 heteroatoms. The molecule has 0 bridgehead atoms. The molecule has 0 aromatic heterocycles. The second kappa shape index (κ2) is 11.1. The molecule has 210 valence electrons. The van der Waals surface area contributed by atoms with Crippen LogP contribution in [0.25, 0.3) is 11.1 Å². The minimum absolute atomic E-state index is 0.169. The number of fused-ring (bicyclic) bond motifs is 5. The van der Waals surface area contributed by atoms with E-state index in [1.54, 1.807) is 11.1 Å². The molecule has 2 aliphatic carbocycles. The van der Waals surface area contributed by atoms with Gasteiger partial charge in [-0.05, 0) is 68.4 Å². The van der Waals surface area contributed by atoms with Crippen molar-refractivity contribution in [3.05, 3.63) is 58.7 Å². The Kier molecular flexibility index (Phi) is 8.62. The first kappa shape index (κ1) is 29.4. The van der Waals surface area contributed by atoms with Crippen LogP contribution in [0, 0.1) is 11.3 Å². The van der Waals surface area contributed by atoms with Gasteiger partial charge in [0.2, 0.25) is 0 Å². The molecule has 0 amide bonds. The van der Waals surface area contributed by atoms with Crippen molar-refractivity contribution in [2.24, 2.45) is 11.3 Å². The van der Waals surface area contributed by atoms with Crippen LogP contribution in [0.5, 0.6) is 0 Å². The summed E-state index contributed by atoms with van der Waals surface area (Å²) in [4.78, 5) is 0. The Morgan fingerprint density at radius 2 is 1.05 bits per heavy atom. The predicted molar refractivity (Wildman–Crippen MR) is 168 cm³/mol.